The third-order valence-electron chi connectivity index (χ3n) is 3.17. The van der Waals surface area contributed by atoms with E-state index in [1.165, 1.54) is 12.5 Å². The van der Waals surface area contributed by atoms with E-state index >= 15 is 0 Å². The summed E-state index contributed by atoms with van der Waals surface area (Å²) in [5.41, 5.74) is 1.03. The van der Waals surface area contributed by atoms with Gasteiger partial charge in [-0.3, -0.25) is 10.1 Å². The first-order chi connectivity index (χ1) is 12.0. The zero-order valence-electron chi connectivity index (χ0n) is 13.0. The molecule has 2 N–H and O–H groups in total. The van der Waals surface area contributed by atoms with Crippen LogP contribution in [0.3, 0.4) is 0 Å². The molecule has 0 radical (unpaired) electrons. The smallest absolute Gasteiger partial charge is 0.332 e. The lowest BCUT2D eigenvalue weighted by molar-refractivity contribution is -0.383. The summed E-state index contributed by atoms with van der Waals surface area (Å²) in [6.07, 6.45) is 4.36. The van der Waals surface area contributed by atoms with Gasteiger partial charge in [0, 0.05) is 12.4 Å². The SMILES string of the molecule is Cc1ccc(Nc2ncnc(Nc3cccnc3Cl)c2[N+](=O)[O-])nc1. The predicted molar refractivity (Wildman–Crippen MR) is 93.5 cm³/mol. The summed E-state index contributed by atoms with van der Waals surface area (Å²) in [7, 11) is 0. The monoisotopic (exact) mass is 357 g/mol. The maximum absolute atomic E-state index is 11.5. The van der Waals surface area contributed by atoms with Gasteiger partial charge in [-0.05, 0) is 30.7 Å². The Morgan fingerprint density at radius 1 is 1.08 bits per heavy atom. The summed E-state index contributed by atoms with van der Waals surface area (Å²) < 4.78 is 0. The second-order valence-electron chi connectivity index (χ2n) is 4.99. The van der Waals surface area contributed by atoms with Crippen molar-refractivity contribution in [2.24, 2.45) is 0 Å². The molecule has 0 aliphatic carbocycles. The predicted octanol–water partition coefficient (Wildman–Crippen LogP) is 3.62. The molecule has 3 heterocycles. The quantitative estimate of drug-likeness (QED) is 0.403. The van der Waals surface area contributed by atoms with Crippen LogP contribution in [0.15, 0.2) is 43.0 Å². The van der Waals surface area contributed by atoms with Gasteiger partial charge in [-0.2, -0.15) is 0 Å². The van der Waals surface area contributed by atoms with Gasteiger partial charge >= 0.3 is 5.69 Å². The van der Waals surface area contributed by atoms with Gasteiger partial charge in [0.2, 0.25) is 11.6 Å². The summed E-state index contributed by atoms with van der Waals surface area (Å²) in [6, 6.07) is 6.82. The fourth-order valence-electron chi connectivity index (χ4n) is 2.00. The first kappa shape index (κ1) is 16.5. The van der Waals surface area contributed by atoms with E-state index in [4.69, 9.17) is 11.6 Å². The van der Waals surface area contributed by atoms with Crippen LogP contribution in [0, 0.1) is 17.0 Å². The van der Waals surface area contributed by atoms with E-state index in [1.807, 2.05) is 13.0 Å². The van der Waals surface area contributed by atoms with E-state index < -0.39 is 4.92 Å². The highest BCUT2D eigenvalue weighted by atomic mass is 35.5. The van der Waals surface area contributed by atoms with Crippen molar-refractivity contribution in [2.75, 3.05) is 10.6 Å². The molecule has 0 fully saturated rings. The molecular weight excluding hydrogens is 346 g/mol. The van der Waals surface area contributed by atoms with Gasteiger partial charge in [-0.1, -0.05) is 17.7 Å². The fourth-order valence-corrected chi connectivity index (χ4v) is 2.17. The molecule has 0 spiro atoms. The van der Waals surface area contributed by atoms with Crippen LogP contribution in [0.25, 0.3) is 0 Å². The molecule has 126 valence electrons. The molecule has 9 nitrogen and oxygen atoms in total. The Labute approximate surface area is 147 Å². The molecule has 0 aliphatic heterocycles. The summed E-state index contributed by atoms with van der Waals surface area (Å²) in [4.78, 5) is 26.9. The minimum absolute atomic E-state index is 0.00971. The Bertz CT molecular complexity index is 918. The summed E-state index contributed by atoms with van der Waals surface area (Å²) >= 11 is 5.98. The minimum Gasteiger partial charge on any atom is -0.332 e. The Morgan fingerprint density at radius 2 is 1.84 bits per heavy atom. The molecule has 0 saturated heterocycles. The Kier molecular flexibility index (Phi) is 4.66. The number of hydrogen-bond donors (Lipinski definition) is 2. The molecule has 0 aromatic carbocycles. The molecule has 0 atom stereocenters. The second kappa shape index (κ2) is 7.05. The van der Waals surface area contributed by atoms with Crippen molar-refractivity contribution in [3.8, 4) is 0 Å². The number of hydrogen-bond acceptors (Lipinski definition) is 8. The van der Waals surface area contributed by atoms with Gasteiger partial charge in [0.05, 0.1) is 10.6 Å². The van der Waals surface area contributed by atoms with Crippen molar-refractivity contribution in [3.05, 3.63) is 63.8 Å². The zero-order chi connectivity index (χ0) is 17.8. The first-order valence-electron chi connectivity index (χ1n) is 7.11. The maximum atomic E-state index is 11.5. The van der Waals surface area contributed by atoms with E-state index in [2.05, 4.69) is 30.6 Å². The molecule has 3 aromatic rings. The number of nitrogens with zero attached hydrogens (tertiary/aromatic N) is 5. The number of anilines is 4. The Morgan fingerprint density at radius 3 is 2.48 bits per heavy atom. The number of nitro groups is 1. The van der Waals surface area contributed by atoms with Crippen molar-refractivity contribution in [1.29, 1.82) is 0 Å². The average molecular weight is 358 g/mol. The van der Waals surface area contributed by atoms with E-state index in [9.17, 15) is 10.1 Å². The molecule has 25 heavy (non-hydrogen) atoms. The van der Waals surface area contributed by atoms with Crippen LogP contribution < -0.4 is 10.6 Å². The van der Waals surface area contributed by atoms with Crippen LogP contribution in [-0.4, -0.2) is 24.9 Å². The normalized spacial score (nSPS) is 10.3. The molecule has 0 aliphatic rings. The van der Waals surface area contributed by atoms with Crippen LogP contribution in [0.1, 0.15) is 5.56 Å². The third-order valence-corrected chi connectivity index (χ3v) is 3.48. The topological polar surface area (TPSA) is 119 Å². The van der Waals surface area contributed by atoms with E-state index in [-0.39, 0.29) is 22.5 Å². The number of rotatable bonds is 5. The van der Waals surface area contributed by atoms with Gasteiger partial charge in [-0.25, -0.2) is 19.9 Å². The van der Waals surface area contributed by atoms with Crippen molar-refractivity contribution in [2.45, 2.75) is 6.92 Å². The number of nitrogens with one attached hydrogen (secondary N) is 2. The summed E-state index contributed by atoms with van der Waals surface area (Å²) in [6.45, 7) is 1.89. The zero-order valence-corrected chi connectivity index (χ0v) is 13.7. The molecule has 0 amide bonds. The molecule has 10 heteroatoms. The molecule has 0 unspecified atom stereocenters. The number of aryl methyl sites for hydroxylation is 1. The standard InChI is InChI=1S/C15H12ClN7O2/c1-9-4-5-11(18-7-9)22-15-12(23(24)25)14(19-8-20-15)21-10-3-2-6-17-13(10)16/h2-8H,1H3,(H2,18,19,20,21,22). The lowest BCUT2D eigenvalue weighted by Crippen LogP contribution is -2.06. The number of pyridine rings is 2. The number of aromatic nitrogens is 4. The van der Waals surface area contributed by atoms with Gasteiger partial charge in [0.1, 0.15) is 12.1 Å². The van der Waals surface area contributed by atoms with Gasteiger partial charge < -0.3 is 10.6 Å². The van der Waals surface area contributed by atoms with Crippen LogP contribution in [0.5, 0.6) is 0 Å². The lowest BCUT2D eigenvalue weighted by atomic mass is 10.3. The van der Waals surface area contributed by atoms with Gasteiger partial charge in [0.15, 0.2) is 5.15 Å². The van der Waals surface area contributed by atoms with Gasteiger partial charge in [0.25, 0.3) is 0 Å². The third kappa shape index (κ3) is 3.78. The molecule has 3 rings (SSSR count). The van der Waals surface area contributed by atoms with Crippen LogP contribution >= 0.6 is 11.6 Å². The Hall–Kier alpha value is -3.33. The largest absolute Gasteiger partial charge is 0.353 e. The van der Waals surface area contributed by atoms with Crippen LogP contribution in [0.2, 0.25) is 5.15 Å². The van der Waals surface area contributed by atoms with Crippen molar-refractivity contribution in [3.63, 3.8) is 0 Å². The summed E-state index contributed by atoms with van der Waals surface area (Å²) in [5, 5.41) is 17.3. The summed E-state index contributed by atoms with van der Waals surface area (Å²) in [5.74, 6) is 0.432. The first-order valence-corrected chi connectivity index (χ1v) is 7.49. The van der Waals surface area contributed by atoms with Gasteiger partial charge in [-0.15, -0.1) is 0 Å². The maximum Gasteiger partial charge on any atom is 0.353 e. The van der Waals surface area contributed by atoms with Crippen LogP contribution in [-0.2, 0) is 0 Å². The highest BCUT2D eigenvalue weighted by Crippen LogP contribution is 2.33. The van der Waals surface area contributed by atoms with E-state index in [1.54, 1.807) is 24.4 Å². The van der Waals surface area contributed by atoms with E-state index in [0.717, 1.165) is 5.56 Å². The molecule has 0 bridgehead atoms. The minimum atomic E-state index is -0.580. The molecule has 0 saturated carbocycles. The van der Waals surface area contributed by atoms with Crippen molar-refractivity contribution in [1.82, 2.24) is 19.9 Å². The second-order valence-corrected chi connectivity index (χ2v) is 5.35. The fraction of sp³-hybridized carbons (Fsp3) is 0.0667. The highest BCUT2D eigenvalue weighted by molar-refractivity contribution is 6.32. The molecular formula is C15H12ClN7O2. The average Bonchev–Trinajstić information content (AvgIpc) is 2.59. The number of halogens is 1. The van der Waals surface area contributed by atoms with E-state index in [0.29, 0.717) is 11.5 Å². The molecule has 3 aromatic heterocycles. The Balaban J connectivity index is 1.98. The lowest BCUT2D eigenvalue weighted by Gasteiger charge is -2.10. The highest BCUT2D eigenvalue weighted by Gasteiger charge is 2.24. The van der Waals surface area contributed by atoms with Crippen LogP contribution in [0.4, 0.5) is 28.8 Å². The van der Waals surface area contributed by atoms with Crippen molar-refractivity contribution >= 4 is 40.4 Å². The van der Waals surface area contributed by atoms with Crippen molar-refractivity contribution < 1.29 is 4.92 Å².